The molecule has 4 rings (SSSR count). The molecule has 1 heterocycles. The predicted molar refractivity (Wildman–Crippen MR) is 109 cm³/mol. The maximum Gasteiger partial charge on any atom is 0.169 e. The highest BCUT2D eigenvalue weighted by atomic mass is 16.1. The number of nitrogens with zero attached hydrogens (tertiary/aromatic N) is 1. The minimum absolute atomic E-state index is 0.133. The predicted octanol–water partition coefficient (Wildman–Crippen LogP) is 5.35. The summed E-state index contributed by atoms with van der Waals surface area (Å²) in [6.07, 6.45) is 2.94. The largest absolute Gasteiger partial charge is 0.299 e. The van der Waals surface area contributed by atoms with Gasteiger partial charge in [0.2, 0.25) is 0 Å². The number of carbonyl (C=O) groups is 1. The van der Waals surface area contributed by atoms with Gasteiger partial charge in [-0.25, -0.2) is 0 Å². The molecular weight excluding hydrogens is 318 g/mol. The third-order valence-electron chi connectivity index (χ3n) is 6.04. The van der Waals surface area contributed by atoms with Crippen LogP contribution in [0.3, 0.4) is 0 Å². The molecule has 0 radical (unpaired) electrons. The third kappa shape index (κ3) is 3.35. The Hall–Kier alpha value is -1.93. The van der Waals surface area contributed by atoms with Crippen LogP contribution in [0.25, 0.3) is 0 Å². The molecule has 1 spiro atoms. The summed E-state index contributed by atoms with van der Waals surface area (Å²) < 4.78 is 0. The highest BCUT2D eigenvalue weighted by molar-refractivity contribution is 6.06. The molecule has 0 bridgehead atoms. The van der Waals surface area contributed by atoms with Gasteiger partial charge in [-0.3, -0.25) is 9.69 Å². The van der Waals surface area contributed by atoms with Gasteiger partial charge in [0.25, 0.3) is 0 Å². The fourth-order valence-electron chi connectivity index (χ4n) is 4.48. The molecular formula is C24H31NO. The molecule has 0 atom stereocenters. The fourth-order valence-corrected chi connectivity index (χ4v) is 4.48. The van der Waals surface area contributed by atoms with Gasteiger partial charge >= 0.3 is 0 Å². The summed E-state index contributed by atoms with van der Waals surface area (Å²) in [4.78, 5) is 15.7. The fraction of sp³-hybridized carbons (Fsp3) is 0.458. The zero-order valence-corrected chi connectivity index (χ0v) is 16.6. The topological polar surface area (TPSA) is 20.3 Å². The molecule has 138 valence electrons. The van der Waals surface area contributed by atoms with Crippen molar-refractivity contribution < 1.29 is 4.79 Å². The van der Waals surface area contributed by atoms with E-state index in [0.29, 0.717) is 5.78 Å². The maximum absolute atomic E-state index is 13.2. The number of likely N-dealkylation sites (tertiary alicyclic amines) is 1. The van der Waals surface area contributed by atoms with Gasteiger partial charge in [-0.2, -0.15) is 0 Å². The van der Waals surface area contributed by atoms with E-state index in [1.54, 1.807) is 0 Å². The molecule has 2 aromatic carbocycles. The van der Waals surface area contributed by atoms with E-state index in [2.05, 4.69) is 61.2 Å². The van der Waals surface area contributed by atoms with Crippen LogP contribution in [0.4, 0.5) is 0 Å². The van der Waals surface area contributed by atoms with Gasteiger partial charge in [0, 0.05) is 17.5 Å². The summed E-state index contributed by atoms with van der Waals surface area (Å²) >= 11 is 0. The third-order valence-corrected chi connectivity index (χ3v) is 6.04. The standard InChI is InChI=1S/C22H25NO.C2H6/c1-16-8-9-17(2)20-19(16)14-22(21(20)24)10-12-23(13-11-22)15-18-6-4-3-5-7-18;1-2/h3-9H,10-15H2,1-2H3;1-2H3. The molecule has 2 heteroatoms. The summed E-state index contributed by atoms with van der Waals surface area (Å²) in [6, 6.07) is 14.9. The number of fused-ring (bicyclic) bond motifs is 1. The number of Topliss-reactive ketones (excluding diaryl/α,β-unsaturated/α-hetero) is 1. The van der Waals surface area contributed by atoms with Crippen molar-refractivity contribution in [3.63, 3.8) is 0 Å². The Balaban J connectivity index is 0.000000948. The second kappa shape index (κ2) is 7.75. The summed E-state index contributed by atoms with van der Waals surface area (Å²) in [7, 11) is 0. The lowest BCUT2D eigenvalue weighted by Crippen LogP contribution is -2.42. The van der Waals surface area contributed by atoms with Crippen LogP contribution in [0.2, 0.25) is 0 Å². The molecule has 2 nitrogen and oxygen atoms in total. The van der Waals surface area contributed by atoms with Crippen molar-refractivity contribution in [2.45, 2.75) is 53.5 Å². The van der Waals surface area contributed by atoms with Crippen molar-refractivity contribution in [3.05, 3.63) is 70.3 Å². The quantitative estimate of drug-likeness (QED) is 0.728. The van der Waals surface area contributed by atoms with E-state index in [-0.39, 0.29) is 5.41 Å². The summed E-state index contributed by atoms with van der Waals surface area (Å²) in [5.74, 6) is 0.415. The zero-order valence-electron chi connectivity index (χ0n) is 16.6. The zero-order chi connectivity index (χ0) is 18.7. The number of aryl methyl sites for hydroxylation is 2. The van der Waals surface area contributed by atoms with Crippen LogP contribution in [0.1, 0.15) is 59.3 Å². The molecule has 1 saturated heterocycles. The average molecular weight is 350 g/mol. The Morgan fingerprint density at radius 3 is 2.15 bits per heavy atom. The van der Waals surface area contributed by atoms with Crippen molar-refractivity contribution in [2.75, 3.05) is 13.1 Å². The Labute approximate surface area is 158 Å². The number of hydrogen-bond donors (Lipinski definition) is 0. The second-order valence-electron chi connectivity index (χ2n) is 7.60. The van der Waals surface area contributed by atoms with Crippen molar-refractivity contribution in [1.29, 1.82) is 0 Å². The lowest BCUT2D eigenvalue weighted by atomic mass is 9.75. The van der Waals surface area contributed by atoms with Crippen molar-refractivity contribution >= 4 is 5.78 Å². The molecule has 1 fully saturated rings. The first-order valence-electron chi connectivity index (χ1n) is 9.99. The van der Waals surface area contributed by atoms with Crippen LogP contribution in [0.15, 0.2) is 42.5 Å². The maximum atomic E-state index is 13.2. The Bertz CT molecular complexity index is 770. The van der Waals surface area contributed by atoms with Crippen LogP contribution in [-0.4, -0.2) is 23.8 Å². The Morgan fingerprint density at radius 1 is 0.923 bits per heavy atom. The molecule has 2 aliphatic rings. The first kappa shape index (κ1) is 18.8. The first-order chi connectivity index (χ1) is 12.6. The summed E-state index contributed by atoms with van der Waals surface area (Å²) in [5.41, 5.74) is 6.02. The normalized spacial score (nSPS) is 18.4. The summed E-state index contributed by atoms with van der Waals surface area (Å²) in [5, 5.41) is 0. The van der Waals surface area contributed by atoms with Gasteiger partial charge in [0.05, 0.1) is 0 Å². The first-order valence-corrected chi connectivity index (χ1v) is 9.99. The van der Waals surface area contributed by atoms with Crippen LogP contribution < -0.4 is 0 Å². The molecule has 2 aromatic rings. The molecule has 0 aromatic heterocycles. The molecule has 0 amide bonds. The van der Waals surface area contributed by atoms with E-state index in [9.17, 15) is 4.79 Å². The summed E-state index contributed by atoms with van der Waals surface area (Å²) in [6.45, 7) is 11.3. The lowest BCUT2D eigenvalue weighted by Gasteiger charge is -2.38. The monoisotopic (exact) mass is 349 g/mol. The molecule has 0 N–H and O–H groups in total. The van der Waals surface area contributed by atoms with Crippen LogP contribution >= 0.6 is 0 Å². The van der Waals surface area contributed by atoms with Gasteiger partial charge in [0.1, 0.15) is 0 Å². The number of benzene rings is 2. The van der Waals surface area contributed by atoms with E-state index in [1.165, 1.54) is 16.7 Å². The van der Waals surface area contributed by atoms with E-state index in [0.717, 1.165) is 50.0 Å². The highest BCUT2D eigenvalue weighted by Gasteiger charge is 2.47. The van der Waals surface area contributed by atoms with Crippen LogP contribution in [-0.2, 0) is 13.0 Å². The van der Waals surface area contributed by atoms with Gasteiger partial charge in [-0.15, -0.1) is 0 Å². The molecule has 26 heavy (non-hydrogen) atoms. The molecule has 0 saturated carbocycles. The number of carbonyl (C=O) groups excluding carboxylic acids is 1. The minimum atomic E-state index is -0.133. The van der Waals surface area contributed by atoms with Crippen LogP contribution in [0, 0.1) is 19.3 Å². The van der Waals surface area contributed by atoms with E-state index in [4.69, 9.17) is 0 Å². The smallest absolute Gasteiger partial charge is 0.169 e. The highest BCUT2D eigenvalue weighted by Crippen LogP contribution is 2.46. The van der Waals surface area contributed by atoms with Crippen molar-refractivity contribution in [1.82, 2.24) is 4.90 Å². The number of ketones is 1. The number of piperidine rings is 1. The SMILES string of the molecule is CC.Cc1ccc(C)c2c1CC1(CCN(Cc3ccccc3)CC1)C2=O. The molecule has 0 unspecified atom stereocenters. The van der Waals surface area contributed by atoms with Gasteiger partial charge < -0.3 is 0 Å². The minimum Gasteiger partial charge on any atom is -0.299 e. The number of hydrogen-bond acceptors (Lipinski definition) is 2. The Morgan fingerprint density at radius 2 is 1.54 bits per heavy atom. The van der Waals surface area contributed by atoms with E-state index < -0.39 is 0 Å². The van der Waals surface area contributed by atoms with Gasteiger partial charge in [-0.1, -0.05) is 56.3 Å². The lowest BCUT2D eigenvalue weighted by molar-refractivity contribution is 0.0622. The average Bonchev–Trinajstić information content (AvgIpc) is 2.97. The molecule has 1 aliphatic heterocycles. The molecule has 1 aliphatic carbocycles. The van der Waals surface area contributed by atoms with Gasteiger partial charge in [-0.05, 0) is 68.5 Å². The van der Waals surface area contributed by atoms with E-state index in [1.807, 2.05) is 13.8 Å². The van der Waals surface area contributed by atoms with Crippen molar-refractivity contribution in [2.24, 2.45) is 5.41 Å². The van der Waals surface area contributed by atoms with Crippen molar-refractivity contribution in [3.8, 4) is 0 Å². The number of rotatable bonds is 2. The van der Waals surface area contributed by atoms with Crippen LogP contribution in [0.5, 0.6) is 0 Å². The van der Waals surface area contributed by atoms with Gasteiger partial charge in [0.15, 0.2) is 5.78 Å². The Kier molecular flexibility index (Phi) is 5.62. The van der Waals surface area contributed by atoms with E-state index >= 15 is 0 Å². The second-order valence-corrected chi connectivity index (χ2v) is 7.60.